The zero-order chi connectivity index (χ0) is 15.1. The number of rotatable bonds is 3. The summed E-state index contributed by atoms with van der Waals surface area (Å²) in [5, 5.41) is 4.01. The number of likely N-dealkylation sites (tertiary alicyclic amines) is 1. The number of hydrogen-bond acceptors (Lipinski definition) is 3. The third-order valence-corrected chi connectivity index (χ3v) is 4.71. The number of halogens is 2. The molecule has 1 aromatic rings. The number of primary sulfonamides is 1. The first-order chi connectivity index (χ1) is 9.20. The molecule has 0 aromatic heterocycles. The SMILES string of the molecule is CC(c1cc(F)ccc1F)N1CC(S(N)(=O)=O)CC1=O. The van der Waals surface area contributed by atoms with E-state index >= 15 is 0 Å². The maximum absolute atomic E-state index is 13.7. The van der Waals surface area contributed by atoms with Crippen molar-refractivity contribution in [2.45, 2.75) is 24.6 Å². The largest absolute Gasteiger partial charge is 0.334 e. The van der Waals surface area contributed by atoms with Gasteiger partial charge in [0.15, 0.2) is 0 Å². The van der Waals surface area contributed by atoms with Gasteiger partial charge < -0.3 is 4.90 Å². The number of nitrogens with zero attached hydrogens (tertiary/aromatic N) is 1. The molecule has 5 nitrogen and oxygen atoms in total. The van der Waals surface area contributed by atoms with Gasteiger partial charge in [0, 0.05) is 18.5 Å². The average Bonchev–Trinajstić information content (AvgIpc) is 2.73. The van der Waals surface area contributed by atoms with Crippen LogP contribution in [0.4, 0.5) is 8.78 Å². The molecule has 1 aliphatic heterocycles. The van der Waals surface area contributed by atoms with Gasteiger partial charge in [0.1, 0.15) is 16.9 Å². The van der Waals surface area contributed by atoms with Crippen LogP contribution >= 0.6 is 0 Å². The number of benzene rings is 1. The van der Waals surface area contributed by atoms with E-state index in [2.05, 4.69) is 0 Å². The third-order valence-electron chi connectivity index (χ3n) is 3.46. The van der Waals surface area contributed by atoms with Gasteiger partial charge in [0.25, 0.3) is 0 Å². The number of hydrogen-bond donors (Lipinski definition) is 1. The number of amides is 1. The summed E-state index contributed by atoms with van der Waals surface area (Å²) < 4.78 is 49.4. The quantitative estimate of drug-likeness (QED) is 0.901. The molecule has 2 unspecified atom stereocenters. The van der Waals surface area contributed by atoms with Crippen molar-refractivity contribution >= 4 is 15.9 Å². The Bertz CT molecular complexity index is 648. The predicted molar refractivity (Wildman–Crippen MR) is 68.0 cm³/mol. The summed E-state index contributed by atoms with van der Waals surface area (Å²) in [7, 11) is -3.83. The Morgan fingerprint density at radius 3 is 2.60 bits per heavy atom. The topological polar surface area (TPSA) is 80.5 Å². The molecule has 8 heteroatoms. The molecule has 1 aliphatic rings. The summed E-state index contributed by atoms with van der Waals surface area (Å²) in [6.07, 6.45) is -0.236. The molecule has 2 rings (SSSR count). The second-order valence-corrected chi connectivity index (χ2v) is 6.65. The molecular weight excluding hydrogens is 290 g/mol. The number of carbonyl (C=O) groups is 1. The summed E-state index contributed by atoms with van der Waals surface area (Å²) in [4.78, 5) is 13.0. The molecule has 0 spiro atoms. The fraction of sp³-hybridized carbons (Fsp3) is 0.417. The Morgan fingerprint density at radius 2 is 2.05 bits per heavy atom. The van der Waals surface area contributed by atoms with E-state index in [1.165, 1.54) is 11.8 Å². The van der Waals surface area contributed by atoms with E-state index in [1.54, 1.807) is 0 Å². The summed E-state index contributed by atoms with van der Waals surface area (Å²) in [5.41, 5.74) is 0.00780. The van der Waals surface area contributed by atoms with Crippen molar-refractivity contribution in [2.24, 2.45) is 5.14 Å². The van der Waals surface area contributed by atoms with Crippen molar-refractivity contribution in [1.82, 2.24) is 4.90 Å². The van der Waals surface area contributed by atoms with E-state index in [0.29, 0.717) is 0 Å². The number of sulfonamides is 1. The molecule has 0 radical (unpaired) electrons. The summed E-state index contributed by atoms with van der Waals surface area (Å²) >= 11 is 0. The van der Waals surface area contributed by atoms with Gasteiger partial charge in [-0.3, -0.25) is 4.79 Å². The number of nitrogens with two attached hydrogens (primary N) is 1. The molecule has 0 saturated carbocycles. The van der Waals surface area contributed by atoms with Crippen molar-refractivity contribution in [3.05, 3.63) is 35.4 Å². The highest BCUT2D eigenvalue weighted by molar-refractivity contribution is 7.89. The van der Waals surface area contributed by atoms with Gasteiger partial charge in [-0.15, -0.1) is 0 Å². The van der Waals surface area contributed by atoms with Gasteiger partial charge in [-0.25, -0.2) is 22.3 Å². The molecule has 1 aromatic carbocycles. The highest BCUT2D eigenvalue weighted by Crippen LogP contribution is 2.29. The third kappa shape index (κ3) is 2.80. The lowest BCUT2D eigenvalue weighted by Gasteiger charge is -2.25. The fourth-order valence-electron chi connectivity index (χ4n) is 2.29. The molecule has 1 saturated heterocycles. The van der Waals surface area contributed by atoms with E-state index in [1.807, 2.05) is 0 Å². The Kier molecular flexibility index (Phi) is 3.79. The maximum atomic E-state index is 13.7. The van der Waals surface area contributed by atoms with Gasteiger partial charge in [0.2, 0.25) is 15.9 Å². The smallest absolute Gasteiger partial charge is 0.224 e. The first-order valence-corrected chi connectivity index (χ1v) is 7.57. The van der Waals surface area contributed by atoms with Crippen LogP contribution in [-0.4, -0.2) is 31.0 Å². The number of carbonyl (C=O) groups excluding carboxylic acids is 1. The predicted octanol–water partition coefficient (Wildman–Crippen LogP) is 0.915. The van der Waals surface area contributed by atoms with Crippen LogP contribution in [0, 0.1) is 11.6 Å². The van der Waals surface area contributed by atoms with Crippen LogP contribution in [-0.2, 0) is 14.8 Å². The summed E-state index contributed by atoms with van der Waals surface area (Å²) in [6.45, 7) is 1.40. The van der Waals surface area contributed by atoms with Crippen molar-refractivity contribution < 1.29 is 22.0 Å². The average molecular weight is 304 g/mol. The zero-order valence-electron chi connectivity index (χ0n) is 10.7. The van der Waals surface area contributed by atoms with Crippen LogP contribution in [0.25, 0.3) is 0 Å². The normalized spacial score (nSPS) is 21.3. The fourth-order valence-corrected chi connectivity index (χ4v) is 3.04. The lowest BCUT2D eigenvalue weighted by molar-refractivity contribution is -0.129. The van der Waals surface area contributed by atoms with Crippen molar-refractivity contribution in [3.8, 4) is 0 Å². The Hall–Kier alpha value is -1.54. The molecule has 1 fully saturated rings. The first-order valence-electron chi connectivity index (χ1n) is 5.96. The van der Waals surface area contributed by atoms with Crippen molar-refractivity contribution in [2.75, 3.05) is 6.54 Å². The molecule has 1 heterocycles. The summed E-state index contributed by atoms with van der Waals surface area (Å²) in [5.74, 6) is -1.71. The minimum atomic E-state index is -3.83. The minimum Gasteiger partial charge on any atom is -0.334 e. The maximum Gasteiger partial charge on any atom is 0.224 e. The molecule has 2 atom stereocenters. The molecule has 110 valence electrons. The second kappa shape index (κ2) is 5.10. The van der Waals surface area contributed by atoms with Crippen LogP contribution in [0.1, 0.15) is 24.9 Å². The van der Waals surface area contributed by atoms with Gasteiger partial charge >= 0.3 is 0 Å². The summed E-state index contributed by atoms with van der Waals surface area (Å²) in [6, 6.07) is 2.19. The lowest BCUT2D eigenvalue weighted by atomic mass is 10.1. The van der Waals surface area contributed by atoms with E-state index < -0.39 is 38.9 Å². The highest BCUT2D eigenvalue weighted by Gasteiger charge is 2.39. The Balaban J connectivity index is 2.28. The molecule has 0 aliphatic carbocycles. The van der Waals surface area contributed by atoms with Gasteiger partial charge in [-0.2, -0.15) is 0 Å². The van der Waals surface area contributed by atoms with Crippen LogP contribution in [0.3, 0.4) is 0 Å². The minimum absolute atomic E-state index is 0.00780. The van der Waals surface area contributed by atoms with E-state index in [9.17, 15) is 22.0 Å². The van der Waals surface area contributed by atoms with Crippen molar-refractivity contribution in [3.63, 3.8) is 0 Å². The van der Waals surface area contributed by atoms with Crippen molar-refractivity contribution in [1.29, 1.82) is 0 Å². The Labute approximate surface area is 115 Å². The molecule has 1 amide bonds. The van der Waals surface area contributed by atoms with Crippen LogP contribution in [0.15, 0.2) is 18.2 Å². The van der Waals surface area contributed by atoms with Gasteiger partial charge in [-0.05, 0) is 25.1 Å². The second-order valence-electron chi connectivity index (χ2n) is 4.80. The standard InChI is InChI=1S/C12H14F2N2O3S/c1-7(10-4-8(13)2-3-11(10)14)16-6-9(5-12(16)17)20(15,18)19/h2-4,7,9H,5-6H2,1H3,(H2,15,18,19). The van der Waals surface area contributed by atoms with Crippen LogP contribution in [0.5, 0.6) is 0 Å². The molecule has 20 heavy (non-hydrogen) atoms. The molecular formula is C12H14F2N2O3S. The van der Waals surface area contributed by atoms with E-state index in [4.69, 9.17) is 5.14 Å². The van der Waals surface area contributed by atoms with Gasteiger partial charge in [0.05, 0.1) is 6.04 Å². The monoisotopic (exact) mass is 304 g/mol. The molecule has 0 bridgehead atoms. The highest BCUT2D eigenvalue weighted by atomic mass is 32.2. The van der Waals surface area contributed by atoms with E-state index in [0.717, 1.165) is 18.2 Å². The Morgan fingerprint density at radius 1 is 1.40 bits per heavy atom. The lowest BCUT2D eigenvalue weighted by Crippen LogP contribution is -2.33. The molecule has 2 N–H and O–H groups in total. The first kappa shape index (κ1) is 14.9. The van der Waals surface area contributed by atoms with Crippen LogP contribution in [0.2, 0.25) is 0 Å². The van der Waals surface area contributed by atoms with E-state index in [-0.39, 0.29) is 18.5 Å². The van der Waals surface area contributed by atoms with Crippen LogP contribution < -0.4 is 5.14 Å². The van der Waals surface area contributed by atoms with Gasteiger partial charge in [-0.1, -0.05) is 0 Å². The zero-order valence-corrected chi connectivity index (χ0v) is 11.5.